The maximum Gasteiger partial charge on any atom is 0.322 e. The van der Waals surface area contributed by atoms with Crippen LogP contribution in [0.4, 0.5) is 0 Å². The molecular weight excluding hydrogens is 208 g/mol. The molecule has 0 saturated heterocycles. The van der Waals surface area contributed by atoms with E-state index in [1.165, 1.54) is 6.08 Å². The minimum atomic E-state index is 0. The minimum Gasteiger partial charge on any atom is -1.00 e. The lowest BCUT2D eigenvalue weighted by molar-refractivity contribution is -0.419. The number of ketones is 2. The Kier molecular flexibility index (Phi) is 4.70. The SMILES string of the molecule is C[O+]=C1C=CC(=O)C=CC1.[Br-]. The van der Waals surface area contributed by atoms with Crippen LogP contribution in [0.5, 0.6) is 0 Å². The first kappa shape index (κ1) is 10.3. The number of carbonyl (C=O) groups is 1. The molecule has 0 heterocycles. The van der Waals surface area contributed by atoms with Gasteiger partial charge in [-0.2, -0.15) is 0 Å². The third kappa shape index (κ3) is 3.28. The smallest absolute Gasteiger partial charge is 0.322 e. The van der Waals surface area contributed by atoms with Crippen molar-refractivity contribution in [2.45, 2.75) is 6.42 Å². The van der Waals surface area contributed by atoms with Crippen LogP contribution in [0.3, 0.4) is 0 Å². The summed E-state index contributed by atoms with van der Waals surface area (Å²) < 4.78 is 4.95. The molecule has 2 nitrogen and oxygen atoms in total. The standard InChI is InChI=1S/C8H9O2.BrH/c1-10-8-4-2-3-7(9)5-6-8;/h2-3,5-6H,4H2,1H3;1H/q+1;/p-1. The lowest BCUT2D eigenvalue weighted by Crippen LogP contribution is -3.00. The molecule has 0 bridgehead atoms. The highest BCUT2D eigenvalue weighted by Gasteiger charge is 2.06. The lowest BCUT2D eigenvalue weighted by Gasteiger charge is -1.75. The molecule has 0 radical (unpaired) electrons. The average Bonchev–Trinajstić information content (AvgIpc) is 2.14. The molecule has 11 heavy (non-hydrogen) atoms. The van der Waals surface area contributed by atoms with Crippen LogP contribution in [0.2, 0.25) is 0 Å². The van der Waals surface area contributed by atoms with Gasteiger partial charge in [0.15, 0.2) is 5.78 Å². The van der Waals surface area contributed by atoms with Gasteiger partial charge in [0.1, 0.15) is 0 Å². The molecule has 60 valence electrons. The van der Waals surface area contributed by atoms with Crippen molar-refractivity contribution in [3.8, 4) is 0 Å². The molecule has 1 rings (SSSR count). The third-order valence-corrected chi connectivity index (χ3v) is 1.30. The summed E-state index contributed by atoms with van der Waals surface area (Å²) in [7, 11) is 1.60. The Morgan fingerprint density at radius 3 is 2.73 bits per heavy atom. The molecule has 0 unspecified atom stereocenters. The normalized spacial score (nSPS) is 19.7. The van der Waals surface area contributed by atoms with E-state index in [0.29, 0.717) is 6.42 Å². The van der Waals surface area contributed by atoms with Crippen LogP contribution >= 0.6 is 0 Å². The first-order valence-electron chi connectivity index (χ1n) is 3.11. The van der Waals surface area contributed by atoms with Crippen molar-refractivity contribution < 1.29 is 26.2 Å². The molecule has 0 atom stereocenters. The second kappa shape index (κ2) is 5.02. The zero-order valence-corrected chi connectivity index (χ0v) is 7.80. The summed E-state index contributed by atoms with van der Waals surface area (Å²) in [6, 6.07) is 0. The molecule has 0 aromatic carbocycles. The first-order chi connectivity index (χ1) is 4.83. The molecule has 0 aromatic rings. The van der Waals surface area contributed by atoms with Gasteiger partial charge < -0.3 is 17.0 Å². The monoisotopic (exact) mass is 216 g/mol. The molecule has 0 amide bonds. The van der Waals surface area contributed by atoms with E-state index in [-0.39, 0.29) is 22.8 Å². The summed E-state index contributed by atoms with van der Waals surface area (Å²) in [5.74, 6) is 0.842. The van der Waals surface area contributed by atoms with Gasteiger partial charge in [0, 0.05) is 6.08 Å². The largest absolute Gasteiger partial charge is 1.00 e. The molecule has 0 N–H and O–H groups in total. The third-order valence-electron chi connectivity index (χ3n) is 1.30. The summed E-state index contributed by atoms with van der Waals surface area (Å²) in [6.45, 7) is 0. The van der Waals surface area contributed by atoms with Gasteiger partial charge >= 0.3 is 5.78 Å². The van der Waals surface area contributed by atoms with E-state index in [4.69, 9.17) is 4.42 Å². The van der Waals surface area contributed by atoms with Crippen molar-refractivity contribution in [3.63, 3.8) is 0 Å². The zero-order valence-electron chi connectivity index (χ0n) is 6.21. The van der Waals surface area contributed by atoms with Crippen LogP contribution in [-0.2, 0) is 9.22 Å². The molecule has 3 heteroatoms. The van der Waals surface area contributed by atoms with Crippen molar-refractivity contribution in [2.75, 3.05) is 7.11 Å². The number of halogens is 1. The van der Waals surface area contributed by atoms with Crippen molar-refractivity contribution in [1.29, 1.82) is 0 Å². The van der Waals surface area contributed by atoms with E-state index < -0.39 is 0 Å². The molecule has 1 aliphatic rings. The van der Waals surface area contributed by atoms with Gasteiger partial charge in [-0.25, -0.2) is 0 Å². The molecule has 0 fully saturated rings. The van der Waals surface area contributed by atoms with Gasteiger partial charge in [0.05, 0.1) is 6.42 Å². The first-order valence-corrected chi connectivity index (χ1v) is 3.11. The average molecular weight is 217 g/mol. The predicted octanol–water partition coefficient (Wildman–Crippen LogP) is -2.19. The summed E-state index contributed by atoms with van der Waals surface area (Å²) >= 11 is 0. The van der Waals surface area contributed by atoms with E-state index in [0.717, 1.165) is 5.78 Å². The fourth-order valence-corrected chi connectivity index (χ4v) is 0.741. The second-order valence-corrected chi connectivity index (χ2v) is 2.01. The Hall–Kier alpha value is -0.700. The molecular formula is C8H9BrO2. The quantitative estimate of drug-likeness (QED) is 0.424. The van der Waals surface area contributed by atoms with Gasteiger partial charge in [-0.1, -0.05) is 6.08 Å². The minimum absolute atomic E-state index is 0. The van der Waals surface area contributed by atoms with Crippen molar-refractivity contribution in [3.05, 3.63) is 24.3 Å². The maximum atomic E-state index is 10.7. The fourth-order valence-electron chi connectivity index (χ4n) is 0.741. The van der Waals surface area contributed by atoms with Gasteiger partial charge in [-0.05, 0) is 12.2 Å². The van der Waals surface area contributed by atoms with Crippen molar-refractivity contribution >= 4 is 11.6 Å². The Bertz CT molecular complexity index is 226. The zero-order chi connectivity index (χ0) is 7.40. The predicted molar refractivity (Wildman–Crippen MR) is 38.8 cm³/mol. The van der Waals surface area contributed by atoms with Gasteiger partial charge in [0.2, 0.25) is 0 Å². The van der Waals surface area contributed by atoms with Crippen molar-refractivity contribution in [2.24, 2.45) is 0 Å². The molecule has 0 aromatic heterocycles. The topological polar surface area (TPSA) is 28.4 Å². The molecule has 0 spiro atoms. The summed E-state index contributed by atoms with van der Waals surface area (Å²) in [5, 5.41) is 0. The van der Waals surface area contributed by atoms with Gasteiger partial charge in [0.25, 0.3) is 7.11 Å². The highest BCUT2D eigenvalue weighted by molar-refractivity contribution is 6.06. The number of allylic oxidation sites excluding steroid dienone is 4. The maximum absolute atomic E-state index is 10.7. The Balaban J connectivity index is 0.000001000. The van der Waals surface area contributed by atoms with E-state index >= 15 is 0 Å². The van der Waals surface area contributed by atoms with Gasteiger partial charge in [-0.15, -0.1) is 0 Å². The van der Waals surface area contributed by atoms with Crippen LogP contribution in [0.1, 0.15) is 6.42 Å². The number of hydrogen-bond donors (Lipinski definition) is 0. The number of rotatable bonds is 0. The van der Waals surface area contributed by atoms with Crippen LogP contribution in [-0.4, -0.2) is 18.7 Å². The Labute approximate surface area is 76.1 Å². The second-order valence-electron chi connectivity index (χ2n) is 2.01. The Morgan fingerprint density at radius 2 is 2.09 bits per heavy atom. The number of carbonyl (C=O) groups excluding carboxylic acids is 2. The molecule has 0 saturated carbocycles. The van der Waals surface area contributed by atoms with Crippen LogP contribution in [0, 0.1) is 0 Å². The highest BCUT2D eigenvalue weighted by Crippen LogP contribution is 1.95. The van der Waals surface area contributed by atoms with Crippen LogP contribution in [0.15, 0.2) is 24.3 Å². The van der Waals surface area contributed by atoms with E-state index in [2.05, 4.69) is 0 Å². The lowest BCUT2D eigenvalue weighted by atomic mass is 10.3. The highest BCUT2D eigenvalue weighted by atomic mass is 79.9. The summed E-state index contributed by atoms with van der Waals surface area (Å²) in [5.41, 5.74) is 0. The summed E-state index contributed by atoms with van der Waals surface area (Å²) in [6.07, 6.45) is 7.24. The van der Waals surface area contributed by atoms with Crippen LogP contribution < -0.4 is 17.0 Å². The van der Waals surface area contributed by atoms with Crippen LogP contribution in [0.25, 0.3) is 0 Å². The van der Waals surface area contributed by atoms with Crippen molar-refractivity contribution in [1.82, 2.24) is 0 Å². The summed E-state index contributed by atoms with van der Waals surface area (Å²) in [4.78, 5) is 10.7. The molecule has 1 aliphatic carbocycles. The van der Waals surface area contributed by atoms with E-state index in [1.54, 1.807) is 25.3 Å². The van der Waals surface area contributed by atoms with E-state index in [1.807, 2.05) is 0 Å². The molecule has 0 aliphatic heterocycles. The fraction of sp³-hybridized carbons (Fsp3) is 0.250. The number of hydrogen-bond acceptors (Lipinski definition) is 1. The van der Waals surface area contributed by atoms with E-state index in [9.17, 15) is 4.79 Å². The van der Waals surface area contributed by atoms with Gasteiger partial charge in [-0.3, -0.25) is 9.22 Å². The Morgan fingerprint density at radius 1 is 1.36 bits per heavy atom.